The van der Waals surface area contributed by atoms with Crippen LogP contribution in [0.2, 0.25) is 0 Å². The maximum absolute atomic E-state index is 13.6. The highest BCUT2D eigenvalue weighted by molar-refractivity contribution is 6.12. The van der Waals surface area contributed by atoms with E-state index >= 15 is 0 Å². The Morgan fingerprint density at radius 3 is 2.31 bits per heavy atom. The van der Waals surface area contributed by atoms with E-state index in [1.807, 2.05) is 39.0 Å². The number of quaternary nitrogens is 1. The second-order valence-corrected chi connectivity index (χ2v) is 24.8. The first-order valence-electron chi connectivity index (χ1n) is 30.0. The molecule has 21 heteroatoms. The van der Waals surface area contributed by atoms with Gasteiger partial charge in [-0.05, 0) is 101 Å². The Balaban J connectivity index is 1.34. The van der Waals surface area contributed by atoms with Crippen molar-refractivity contribution in [2.75, 3.05) is 45.2 Å². The van der Waals surface area contributed by atoms with E-state index in [-0.39, 0.29) is 98.5 Å². The number of imide groups is 1. The van der Waals surface area contributed by atoms with Crippen molar-refractivity contribution in [2.24, 2.45) is 17.8 Å². The number of anilines is 1. The van der Waals surface area contributed by atoms with Gasteiger partial charge in [0.15, 0.2) is 0 Å². The number of carboxylic acid groups (broad SMARTS) is 2. The van der Waals surface area contributed by atoms with Crippen LogP contribution in [0.1, 0.15) is 151 Å². The average molecular weight is 1180 g/mol. The summed E-state index contributed by atoms with van der Waals surface area (Å²) in [6, 6.07) is 4.37. The number of amides is 6. The molecular weight excluding hydrogens is 1080 g/mol. The summed E-state index contributed by atoms with van der Waals surface area (Å²) in [5, 5.41) is 53.9. The fourth-order valence-electron chi connectivity index (χ4n) is 11.8. The zero-order chi connectivity index (χ0) is 62.1. The number of aliphatic hydroxyl groups is 2. The van der Waals surface area contributed by atoms with Crippen LogP contribution in [0.15, 0.2) is 71.9 Å². The molecule has 6 N–H and O–H groups in total. The van der Waals surface area contributed by atoms with Crippen molar-refractivity contribution in [1.82, 2.24) is 20.4 Å². The number of aliphatic carboxylic acids is 1. The van der Waals surface area contributed by atoms with E-state index in [4.69, 9.17) is 14.2 Å². The third-order valence-corrected chi connectivity index (χ3v) is 16.9. The number of aliphatic hydroxyl groups excluding tert-OH is 1. The third-order valence-electron chi connectivity index (χ3n) is 16.9. The third kappa shape index (κ3) is 20.8. The first kappa shape index (κ1) is 68.5. The number of unbranched alkanes of at least 4 members (excludes halogenated alkanes) is 2. The van der Waals surface area contributed by atoms with Crippen molar-refractivity contribution in [1.29, 1.82) is 0 Å². The van der Waals surface area contributed by atoms with Crippen molar-refractivity contribution >= 4 is 53.3 Å². The molecule has 1 aromatic rings. The summed E-state index contributed by atoms with van der Waals surface area (Å²) >= 11 is 0. The van der Waals surface area contributed by atoms with Crippen molar-refractivity contribution in [3.63, 3.8) is 0 Å². The molecule has 4 heterocycles. The van der Waals surface area contributed by atoms with Crippen molar-refractivity contribution in [2.45, 2.75) is 206 Å². The summed E-state index contributed by atoms with van der Waals surface area (Å²) in [5.74, 6) is -4.17. The fraction of sp³-hybridized carbons (Fsp3) is 0.651. The number of carbonyl (C=O) groups is 8. The number of carbonyl (C=O) groups excluding carboxylic acids is 7. The monoisotopic (exact) mass is 1170 g/mol. The second-order valence-electron chi connectivity index (χ2n) is 24.8. The first-order chi connectivity index (χ1) is 39.6. The zero-order valence-corrected chi connectivity index (χ0v) is 51.1. The van der Waals surface area contributed by atoms with Crippen LogP contribution in [0.4, 0.5) is 10.5 Å². The highest BCUT2D eigenvalue weighted by Gasteiger charge is 2.46. The van der Waals surface area contributed by atoms with E-state index in [9.17, 15) is 58.8 Å². The van der Waals surface area contributed by atoms with Crippen LogP contribution < -0.4 is 21.1 Å². The number of esters is 1. The number of carboxylic acids is 1. The summed E-state index contributed by atoms with van der Waals surface area (Å²) in [6.45, 7) is 18.2. The average Bonchev–Trinajstić information content (AvgIpc) is 2.82. The number of ether oxygens (including phenoxy) is 3. The molecule has 5 rings (SSSR count). The maximum atomic E-state index is 13.6. The first-order valence-corrected chi connectivity index (χ1v) is 30.0. The number of benzene rings is 1. The van der Waals surface area contributed by atoms with Gasteiger partial charge in [0.05, 0.1) is 62.0 Å². The molecule has 2 fully saturated rings. The Hall–Kier alpha value is -6.26. The van der Waals surface area contributed by atoms with E-state index in [0.29, 0.717) is 74.5 Å². The van der Waals surface area contributed by atoms with Crippen LogP contribution in [0.3, 0.4) is 0 Å². The number of rotatable bonds is 28. The Morgan fingerprint density at radius 2 is 1.68 bits per heavy atom. The smallest absolute Gasteiger partial charge is 0.309 e. The number of piperazine rings is 1. The van der Waals surface area contributed by atoms with E-state index < -0.39 is 77.3 Å². The van der Waals surface area contributed by atoms with Gasteiger partial charge in [0.25, 0.3) is 11.8 Å². The second kappa shape index (κ2) is 31.2. The van der Waals surface area contributed by atoms with Gasteiger partial charge in [-0.3, -0.25) is 38.5 Å². The standard InChI is InChI=1S/C63H94N6O15/c1-11-17-41(4)58-50(83-58)37-62(8,81)28-15-18-42(5)57-43(6)34-46(36-63(9,82-10)29-27-48(70)35-55(76)84-57)49-39-69(32-16-20-54(74)75,33-31-67(49)61(79)80)38-45-21-23-47(24-22-45)65-59(77)44(7)64-60(78)56(40(2)3)66-51(71)19-13-12-14-30-68-52(72)25-26-53(68)73/h15,18,21-26,28,34,40-41,43-44,48-50,56-58,70,81H,11-14,16-17,19-20,27,29-33,35-39H2,1-10H3,(H4-,64,65,66,71,74,75,77,78,79,80)/b28-15+,42-18+,46-34-/t41-,43+,44+,48-,49?,50-,56?,57-,58-,62+,63-,69?/m1/s1. The number of cyclic esters (lactones) is 1. The lowest BCUT2D eigenvalue weighted by atomic mass is 9.82. The molecule has 0 spiro atoms. The molecule has 3 unspecified atom stereocenters. The quantitative estimate of drug-likeness (QED) is 0.0113. The molecular formula is C63H94N6O15. The molecule has 84 heavy (non-hydrogen) atoms. The summed E-state index contributed by atoms with van der Waals surface area (Å²) < 4.78 is 18.5. The molecule has 0 bridgehead atoms. The molecule has 0 saturated carbocycles. The van der Waals surface area contributed by atoms with Crippen LogP contribution in [-0.2, 0) is 54.3 Å². The van der Waals surface area contributed by atoms with Gasteiger partial charge < -0.3 is 64.8 Å². The van der Waals surface area contributed by atoms with E-state index in [2.05, 4.69) is 29.8 Å². The van der Waals surface area contributed by atoms with Gasteiger partial charge in [0.1, 0.15) is 43.4 Å². The minimum absolute atomic E-state index is 0.0465. The van der Waals surface area contributed by atoms with Crippen molar-refractivity contribution in [3.05, 3.63) is 77.4 Å². The minimum atomic E-state index is -1.39. The SMILES string of the molecule is CCC[C@@H](C)[C@H]1O[C@@H]1C[C@@](C)(O)/C=C/C=C(\C)[C@H]1OC(=O)C[C@H](O)CC[C@@](C)(OC)C/C(C2C[N+](CCCC(=O)O)(Cc3ccc(NC(=O)[C@H](C)NC(=O)C(NC(=O)CCCCCN4C(=O)C=CC4=O)C(C)C)cc3)CCN2C(=O)[O-])=C/[C@@H]1C. The lowest BCUT2D eigenvalue weighted by Crippen LogP contribution is -2.66. The highest BCUT2D eigenvalue weighted by atomic mass is 16.6. The molecule has 4 aliphatic heterocycles. The van der Waals surface area contributed by atoms with Gasteiger partial charge >= 0.3 is 11.9 Å². The summed E-state index contributed by atoms with van der Waals surface area (Å²) in [5.41, 5.74) is 0.459. The van der Waals surface area contributed by atoms with Crippen molar-refractivity contribution in [3.8, 4) is 0 Å². The number of methoxy groups -OCH3 is 1. The minimum Gasteiger partial charge on any atom is -0.530 e. The van der Waals surface area contributed by atoms with Gasteiger partial charge in [0, 0.05) is 62.2 Å². The molecule has 2 saturated heterocycles. The molecule has 6 amide bonds. The molecule has 466 valence electrons. The molecule has 0 aromatic heterocycles. The van der Waals surface area contributed by atoms with Gasteiger partial charge in [-0.1, -0.05) is 83.9 Å². The molecule has 21 nitrogen and oxygen atoms in total. The molecule has 12 atom stereocenters. The number of epoxide rings is 1. The number of nitrogens with one attached hydrogen (secondary N) is 3. The number of hydrogen-bond acceptors (Lipinski definition) is 14. The Kier molecular flexibility index (Phi) is 25.5. The van der Waals surface area contributed by atoms with Crippen LogP contribution in [0.5, 0.6) is 0 Å². The lowest BCUT2D eigenvalue weighted by molar-refractivity contribution is -0.946. The van der Waals surface area contributed by atoms with Gasteiger partial charge in [-0.2, -0.15) is 0 Å². The Labute approximate surface area is 495 Å². The van der Waals surface area contributed by atoms with E-state index in [0.717, 1.165) is 23.3 Å². The molecule has 4 aliphatic rings. The topological polar surface area (TPSA) is 294 Å². The Bertz CT molecular complexity index is 2580. The predicted octanol–water partition coefficient (Wildman–Crippen LogP) is 5.63. The molecule has 0 radical (unpaired) electrons. The molecule has 1 aromatic carbocycles. The number of allylic oxidation sites excluding steroid dienone is 2. The van der Waals surface area contributed by atoms with Crippen LogP contribution in [0.25, 0.3) is 0 Å². The summed E-state index contributed by atoms with van der Waals surface area (Å²) in [6.07, 6.45) is 11.2. The van der Waals surface area contributed by atoms with Crippen LogP contribution >= 0.6 is 0 Å². The number of hydrogen-bond donors (Lipinski definition) is 6. The lowest BCUT2D eigenvalue weighted by Gasteiger charge is -2.51. The predicted molar refractivity (Wildman–Crippen MR) is 313 cm³/mol. The summed E-state index contributed by atoms with van der Waals surface area (Å²) in [7, 11) is 1.56. The van der Waals surface area contributed by atoms with E-state index in [1.54, 1.807) is 58.2 Å². The Morgan fingerprint density at radius 1 is 0.988 bits per heavy atom. The van der Waals surface area contributed by atoms with Crippen LogP contribution in [0, 0.1) is 17.8 Å². The van der Waals surface area contributed by atoms with Gasteiger partial charge in [-0.15, -0.1) is 0 Å². The van der Waals surface area contributed by atoms with Crippen molar-refractivity contribution < 1.29 is 77.5 Å². The number of nitrogens with zero attached hydrogens (tertiary/aromatic N) is 3. The highest BCUT2D eigenvalue weighted by Crippen LogP contribution is 2.39. The zero-order valence-electron chi connectivity index (χ0n) is 51.1. The summed E-state index contributed by atoms with van der Waals surface area (Å²) in [4.78, 5) is 105. The largest absolute Gasteiger partial charge is 0.530 e. The van der Waals surface area contributed by atoms with Gasteiger partial charge in [0.2, 0.25) is 17.7 Å². The van der Waals surface area contributed by atoms with E-state index in [1.165, 1.54) is 24.0 Å². The van der Waals surface area contributed by atoms with Crippen LogP contribution in [-0.4, -0.2) is 171 Å². The maximum Gasteiger partial charge on any atom is 0.309 e. The van der Waals surface area contributed by atoms with Gasteiger partial charge in [-0.25, -0.2) is 0 Å². The molecule has 0 aliphatic carbocycles. The fourth-order valence-corrected chi connectivity index (χ4v) is 11.8. The normalized spacial score (nSPS) is 27.6.